The molecule has 0 bridgehead atoms. The van der Waals surface area contributed by atoms with Crippen LogP contribution in [0.1, 0.15) is 78.2 Å². The van der Waals surface area contributed by atoms with Gasteiger partial charge in [-0.15, -0.1) is 0 Å². The van der Waals surface area contributed by atoms with E-state index in [1.54, 1.807) is 0 Å². The maximum absolute atomic E-state index is 7.16. The summed E-state index contributed by atoms with van der Waals surface area (Å²) < 4.78 is 20.7. The molecule has 3 aromatic rings. The smallest absolute Gasteiger partial charge is 0.261 e. The van der Waals surface area contributed by atoms with Gasteiger partial charge >= 0.3 is 0 Å². The maximum atomic E-state index is 7.16. The van der Waals surface area contributed by atoms with Crippen LogP contribution in [0.15, 0.2) is 97.1 Å². The van der Waals surface area contributed by atoms with Gasteiger partial charge in [0.1, 0.15) is 0 Å². The summed E-state index contributed by atoms with van der Waals surface area (Å²) in [6.07, 6.45) is 12.0. The van der Waals surface area contributed by atoms with E-state index < -0.39 is 14.1 Å². The second-order valence-corrected chi connectivity index (χ2v) is 17.4. The molecule has 0 unspecified atom stereocenters. The van der Waals surface area contributed by atoms with Crippen molar-refractivity contribution in [1.82, 2.24) is 0 Å². The number of benzene rings is 3. The molecule has 2 aliphatic heterocycles. The molecule has 4 atom stereocenters. The van der Waals surface area contributed by atoms with Crippen molar-refractivity contribution in [2.45, 2.75) is 95.7 Å². The molecule has 2 aliphatic rings. The van der Waals surface area contributed by atoms with Crippen molar-refractivity contribution in [1.29, 1.82) is 0 Å². The van der Waals surface area contributed by atoms with E-state index in [2.05, 4.69) is 131 Å². The summed E-state index contributed by atoms with van der Waals surface area (Å²) in [7, 11) is -2.51. The van der Waals surface area contributed by atoms with Gasteiger partial charge in [0.2, 0.25) is 0 Å². The average Bonchev–Trinajstić information content (AvgIpc) is 2.99. The minimum Gasteiger partial charge on any atom is -0.407 e. The van der Waals surface area contributed by atoms with Crippen molar-refractivity contribution in [3.05, 3.63) is 103 Å². The van der Waals surface area contributed by atoms with Gasteiger partial charge in [-0.05, 0) is 59.0 Å². The monoisotopic (exact) mass is 568 g/mol. The van der Waals surface area contributed by atoms with Crippen molar-refractivity contribution in [3.8, 4) is 0 Å². The quantitative estimate of drug-likeness (QED) is 0.193. The Morgan fingerprint density at radius 2 is 1.44 bits per heavy atom. The van der Waals surface area contributed by atoms with Gasteiger partial charge in [0.05, 0.1) is 12.2 Å². The van der Waals surface area contributed by atoms with Crippen LogP contribution in [-0.4, -0.2) is 32.9 Å². The highest BCUT2D eigenvalue weighted by Crippen LogP contribution is 2.43. The Balaban J connectivity index is 1.25. The zero-order valence-corrected chi connectivity index (χ0v) is 26.4. The van der Waals surface area contributed by atoms with E-state index in [4.69, 9.17) is 13.9 Å². The van der Waals surface area contributed by atoms with E-state index in [1.165, 1.54) is 15.9 Å². The lowest BCUT2D eigenvalue weighted by Gasteiger charge is -2.47. The molecule has 2 fully saturated rings. The standard InChI is InChI=1S/C37H48O3Si/c1-30-26-28-37(27-14-18-32(39-37)25-24-31-16-8-5-9-17-31)40-35(30)23-15-29-38-41(36(2,3)4,33-19-10-6-11-20-33)34-21-12-7-13-22-34/h5-13,16-17,19-22,24-25,30,32,35H,14-15,18,23,26-29H2,1-4H3/b25-24+/t30-,32-,35+,37-/m0/s1. The topological polar surface area (TPSA) is 27.7 Å². The van der Waals surface area contributed by atoms with E-state index in [0.29, 0.717) is 5.92 Å². The fourth-order valence-electron chi connectivity index (χ4n) is 6.85. The normalized spacial score (nSPS) is 25.5. The summed E-state index contributed by atoms with van der Waals surface area (Å²) in [6.45, 7) is 10.1. The molecule has 5 rings (SSSR count). The van der Waals surface area contributed by atoms with E-state index in [-0.39, 0.29) is 17.2 Å². The average molecular weight is 569 g/mol. The van der Waals surface area contributed by atoms with Crippen molar-refractivity contribution in [2.75, 3.05) is 6.61 Å². The summed E-state index contributed by atoms with van der Waals surface area (Å²) in [5.74, 6) is 0.0808. The molecule has 4 heteroatoms. The first kappa shape index (κ1) is 30.0. The fraction of sp³-hybridized carbons (Fsp3) is 0.459. The highest BCUT2D eigenvalue weighted by Gasteiger charge is 2.50. The Bertz CT molecular complexity index is 1200. The van der Waals surface area contributed by atoms with Gasteiger partial charge in [-0.1, -0.05) is 131 Å². The van der Waals surface area contributed by atoms with Crippen LogP contribution < -0.4 is 10.4 Å². The fourth-order valence-corrected chi connectivity index (χ4v) is 11.5. The molecule has 0 amide bonds. The second kappa shape index (κ2) is 13.2. The van der Waals surface area contributed by atoms with Crippen molar-refractivity contribution >= 4 is 24.8 Å². The van der Waals surface area contributed by atoms with E-state index in [0.717, 1.165) is 51.6 Å². The molecule has 3 aromatic carbocycles. The Morgan fingerprint density at radius 3 is 2.05 bits per heavy atom. The summed E-state index contributed by atoms with van der Waals surface area (Å²) in [5, 5.41) is 2.67. The van der Waals surface area contributed by atoms with Gasteiger partial charge in [0, 0.05) is 19.4 Å². The van der Waals surface area contributed by atoms with Gasteiger partial charge in [-0.2, -0.15) is 0 Å². The minimum atomic E-state index is -2.51. The zero-order chi connectivity index (χ0) is 28.8. The van der Waals surface area contributed by atoms with Crippen LogP contribution >= 0.6 is 0 Å². The lowest BCUT2D eigenvalue weighted by molar-refractivity contribution is -0.317. The van der Waals surface area contributed by atoms with Crippen LogP contribution in [0, 0.1) is 5.92 Å². The number of hydrogen-bond donors (Lipinski definition) is 0. The third-order valence-electron chi connectivity index (χ3n) is 9.07. The van der Waals surface area contributed by atoms with Crippen LogP contribution in [0.3, 0.4) is 0 Å². The maximum Gasteiger partial charge on any atom is 0.261 e. The zero-order valence-electron chi connectivity index (χ0n) is 25.4. The highest BCUT2D eigenvalue weighted by molar-refractivity contribution is 6.99. The van der Waals surface area contributed by atoms with E-state index in [9.17, 15) is 0 Å². The predicted octanol–water partition coefficient (Wildman–Crippen LogP) is 8.14. The van der Waals surface area contributed by atoms with Crippen LogP contribution in [-0.2, 0) is 13.9 Å². The summed E-state index contributed by atoms with van der Waals surface area (Å²) >= 11 is 0. The molecule has 2 saturated heterocycles. The third-order valence-corrected chi connectivity index (χ3v) is 14.1. The molecule has 0 aromatic heterocycles. The van der Waals surface area contributed by atoms with Gasteiger partial charge in [0.15, 0.2) is 5.79 Å². The molecule has 0 saturated carbocycles. The molecular formula is C37H48O3Si. The summed E-state index contributed by atoms with van der Waals surface area (Å²) in [4.78, 5) is 0. The molecule has 2 heterocycles. The van der Waals surface area contributed by atoms with Crippen LogP contribution in [0.5, 0.6) is 0 Å². The SMILES string of the molecule is C[C@H]1CC[C@]2(CCC[C@@H](/C=C/c3ccccc3)O2)O[C@@H]1CCCO[Si](c1ccccc1)(c1ccccc1)C(C)(C)C. The predicted molar refractivity (Wildman–Crippen MR) is 173 cm³/mol. The molecule has 1 spiro atoms. The van der Waals surface area contributed by atoms with Gasteiger partial charge in [-0.25, -0.2) is 0 Å². The number of ether oxygens (including phenoxy) is 2. The lowest BCUT2D eigenvalue weighted by Crippen LogP contribution is -2.66. The van der Waals surface area contributed by atoms with Crippen molar-refractivity contribution in [2.24, 2.45) is 5.92 Å². The highest BCUT2D eigenvalue weighted by atomic mass is 28.4. The number of hydrogen-bond acceptors (Lipinski definition) is 3. The summed E-state index contributed by atoms with van der Waals surface area (Å²) in [6, 6.07) is 32.4. The molecule has 0 aliphatic carbocycles. The van der Waals surface area contributed by atoms with E-state index in [1.807, 2.05) is 0 Å². The molecule has 0 N–H and O–H groups in total. The molecule has 41 heavy (non-hydrogen) atoms. The lowest BCUT2D eigenvalue weighted by atomic mass is 9.86. The van der Waals surface area contributed by atoms with Gasteiger partial charge in [0.25, 0.3) is 8.32 Å². The second-order valence-electron chi connectivity index (χ2n) is 13.1. The number of rotatable bonds is 9. The Labute approximate surface area is 249 Å². The Hall–Kier alpha value is -2.50. The molecular weight excluding hydrogens is 520 g/mol. The first-order valence-corrected chi connectivity index (χ1v) is 17.6. The third kappa shape index (κ3) is 6.94. The Kier molecular flexibility index (Phi) is 9.65. The Morgan fingerprint density at radius 1 is 0.829 bits per heavy atom. The minimum absolute atomic E-state index is 0.00733. The molecule has 3 nitrogen and oxygen atoms in total. The van der Waals surface area contributed by atoms with Crippen molar-refractivity contribution < 1.29 is 13.9 Å². The van der Waals surface area contributed by atoms with Crippen molar-refractivity contribution in [3.63, 3.8) is 0 Å². The van der Waals surface area contributed by atoms with E-state index >= 15 is 0 Å². The first-order valence-electron chi connectivity index (χ1n) is 15.7. The summed E-state index contributed by atoms with van der Waals surface area (Å²) in [5.41, 5.74) is 1.22. The van der Waals surface area contributed by atoms with Crippen LogP contribution in [0.2, 0.25) is 5.04 Å². The van der Waals surface area contributed by atoms with Gasteiger partial charge < -0.3 is 13.9 Å². The first-order chi connectivity index (χ1) is 19.8. The molecule has 218 valence electrons. The largest absolute Gasteiger partial charge is 0.407 e. The van der Waals surface area contributed by atoms with Crippen LogP contribution in [0.25, 0.3) is 6.08 Å². The molecule has 0 radical (unpaired) electrons. The van der Waals surface area contributed by atoms with Crippen LogP contribution in [0.4, 0.5) is 0 Å². The van der Waals surface area contributed by atoms with Gasteiger partial charge in [-0.3, -0.25) is 0 Å².